The van der Waals surface area contributed by atoms with E-state index in [0.29, 0.717) is 44.8 Å². The number of nitrogens with zero attached hydrogens (tertiary/aromatic N) is 4. The maximum absolute atomic E-state index is 13.0. The van der Waals surface area contributed by atoms with Crippen LogP contribution in [-0.2, 0) is 17.4 Å². The molecule has 10 heteroatoms. The second-order valence-electron chi connectivity index (χ2n) is 8.03. The number of hydrogen-bond donors (Lipinski definition) is 0. The number of carbonyl (C=O) groups is 1. The van der Waals surface area contributed by atoms with Crippen LogP contribution in [0.25, 0.3) is 0 Å². The Kier molecular flexibility index (Phi) is 6.05. The molecule has 32 heavy (non-hydrogen) atoms. The summed E-state index contributed by atoms with van der Waals surface area (Å²) in [5.41, 5.74) is 1.39. The summed E-state index contributed by atoms with van der Waals surface area (Å²) < 4.78 is 38.9. The number of alkyl halides is 3. The summed E-state index contributed by atoms with van der Waals surface area (Å²) in [5.74, 6) is -0.0766. The third-order valence-electron chi connectivity index (χ3n) is 5.96. The molecule has 0 unspecified atom stereocenters. The predicted octanol–water partition coefficient (Wildman–Crippen LogP) is 3.72. The Morgan fingerprint density at radius 2 is 1.78 bits per heavy atom. The van der Waals surface area contributed by atoms with Crippen LogP contribution in [0.1, 0.15) is 17.5 Å². The molecule has 0 aliphatic carbocycles. The number of fused-ring (bicyclic) bond motifs is 1. The van der Waals surface area contributed by atoms with Crippen LogP contribution in [0.5, 0.6) is 0 Å². The lowest BCUT2D eigenvalue weighted by atomic mass is 10.0. The van der Waals surface area contributed by atoms with Gasteiger partial charge in [-0.1, -0.05) is 6.07 Å². The molecule has 2 aromatic carbocycles. The lowest BCUT2D eigenvalue weighted by Gasteiger charge is -2.37. The lowest BCUT2D eigenvalue weighted by Crippen LogP contribution is -2.50. The Bertz CT molecular complexity index is 1020. The van der Waals surface area contributed by atoms with Crippen LogP contribution in [0.3, 0.4) is 0 Å². The molecule has 2 heterocycles. The molecular weight excluding hydrogens is 425 g/mol. The van der Waals surface area contributed by atoms with Crippen LogP contribution in [0.4, 0.5) is 30.2 Å². The van der Waals surface area contributed by atoms with Gasteiger partial charge in [-0.3, -0.25) is 19.8 Å². The van der Waals surface area contributed by atoms with Crippen molar-refractivity contribution < 1.29 is 22.9 Å². The molecule has 7 nitrogen and oxygen atoms in total. The molecule has 4 rings (SSSR count). The fourth-order valence-electron chi connectivity index (χ4n) is 4.28. The zero-order chi connectivity index (χ0) is 22.9. The van der Waals surface area contributed by atoms with Gasteiger partial charge in [-0.25, -0.2) is 0 Å². The number of aryl methyl sites for hydroxylation is 1. The van der Waals surface area contributed by atoms with E-state index in [1.807, 2.05) is 9.80 Å². The molecule has 1 saturated heterocycles. The second-order valence-corrected chi connectivity index (χ2v) is 8.03. The lowest BCUT2D eigenvalue weighted by molar-refractivity contribution is -0.384. The third kappa shape index (κ3) is 4.69. The Morgan fingerprint density at radius 1 is 1.03 bits per heavy atom. The number of anilines is 2. The fourth-order valence-corrected chi connectivity index (χ4v) is 4.28. The van der Waals surface area contributed by atoms with Gasteiger partial charge < -0.3 is 9.80 Å². The molecule has 0 saturated carbocycles. The molecule has 2 aromatic rings. The van der Waals surface area contributed by atoms with Gasteiger partial charge in [-0.2, -0.15) is 13.2 Å². The average Bonchev–Trinajstić information content (AvgIpc) is 2.78. The van der Waals surface area contributed by atoms with E-state index >= 15 is 0 Å². The molecule has 2 aliphatic heterocycles. The molecule has 170 valence electrons. The van der Waals surface area contributed by atoms with Crippen molar-refractivity contribution in [1.29, 1.82) is 0 Å². The first kappa shape index (κ1) is 22.1. The van der Waals surface area contributed by atoms with E-state index in [1.165, 1.54) is 18.2 Å². The smallest absolute Gasteiger partial charge is 0.369 e. The monoisotopic (exact) mass is 448 g/mol. The van der Waals surface area contributed by atoms with Crippen LogP contribution >= 0.6 is 0 Å². The van der Waals surface area contributed by atoms with Crippen LogP contribution < -0.4 is 9.80 Å². The van der Waals surface area contributed by atoms with Gasteiger partial charge in [0.05, 0.1) is 17.0 Å². The number of hydrogen-bond acceptors (Lipinski definition) is 5. The molecule has 0 radical (unpaired) electrons. The summed E-state index contributed by atoms with van der Waals surface area (Å²) in [6.45, 7) is 2.93. The molecule has 0 N–H and O–H groups in total. The van der Waals surface area contributed by atoms with E-state index in [-0.39, 0.29) is 18.1 Å². The Hall–Kier alpha value is -3.14. The van der Waals surface area contributed by atoms with Crippen molar-refractivity contribution in [2.24, 2.45) is 0 Å². The Balaban J connectivity index is 1.37. The van der Waals surface area contributed by atoms with Crippen molar-refractivity contribution in [3.05, 3.63) is 63.7 Å². The summed E-state index contributed by atoms with van der Waals surface area (Å²) in [6.07, 6.45) is -2.95. The SMILES string of the molecule is O=C(CN1CCN(c2cccc(C(F)(F)F)c2)CC1)N1CCCc2cc([N+](=O)[O-])ccc21. The first-order valence-corrected chi connectivity index (χ1v) is 10.4. The van der Waals surface area contributed by atoms with Crippen molar-refractivity contribution in [2.75, 3.05) is 49.1 Å². The summed E-state index contributed by atoms with van der Waals surface area (Å²) in [5, 5.41) is 11.0. The second kappa shape index (κ2) is 8.78. The Morgan fingerprint density at radius 3 is 2.47 bits per heavy atom. The quantitative estimate of drug-likeness (QED) is 0.527. The third-order valence-corrected chi connectivity index (χ3v) is 5.96. The maximum atomic E-state index is 13.0. The molecule has 0 bridgehead atoms. The average molecular weight is 448 g/mol. The first-order valence-electron chi connectivity index (χ1n) is 10.4. The predicted molar refractivity (Wildman–Crippen MR) is 114 cm³/mol. The minimum absolute atomic E-state index is 0.0174. The summed E-state index contributed by atoms with van der Waals surface area (Å²) in [4.78, 5) is 29.1. The highest BCUT2D eigenvalue weighted by Gasteiger charge is 2.31. The van der Waals surface area contributed by atoms with Gasteiger partial charge in [0.25, 0.3) is 5.69 Å². The number of piperazine rings is 1. The molecule has 0 atom stereocenters. The number of benzene rings is 2. The zero-order valence-electron chi connectivity index (χ0n) is 17.3. The van der Waals surface area contributed by atoms with Gasteiger partial charge in [0.1, 0.15) is 0 Å². The minimum Gasteiger partial charge on any atom is -0.369 e. The van der Waals surface area contributed by atoms with E-state index < -0.39 is 16.7 Å². The topological polar surface area (TPSA) is 69.9 Å². The largest absolute Gasteiger partial charge is 0.416 e. The molecule has 0 aromatic heterocycles. The van der Waals surface area contributed by atoms with Gasteiger partial charge in [0, 0.05) is 56.2 Å². The van der Waals surface area contributed by atoms with Gasteiger partial charge >= 0.3 is 6.18 Å². The highest BCUT2D eigenvalue weighted by Crippen LogP contribution is 2.32. The maximum Gasteiger partial charge on any atom is 0.416 e. The Labute approximate surface area is 183 Å². The summed E-state index contributed by atoms with van der Waals surface area (Å²) in [7, 11) is 0. The zero-order valence-corrected chi connectivity index (χ0v) is 17.3. The van der Waals surface area contributed by atoms with E-state index in [2.05, 4.69) is 0 Å². The molecule has 1 amide bonds. The minimum atomic E-state index is -4.38. The van der Waals surface area contributed by atoms with E-state index in [9.17, 15) is 28.1 Å². The van der Waals surface area contributed by atoms with Gasteiger partial charge in [-0.15, -0.1) is 0 Å². The van der Waals surface area contributed by atoms with Crippen LogP contribution in [-0.4, -0.2) is 55.0 Å². The molecule has 1 fully saturated rings. The number of rotatable bonds is 4. The molecule has 0 spiro atoms. The standard InChI is InChI=1S/C22H23F3N4O3/c23-22(24,25)17-4-1-5-18(14-17)27-11-9-26(10-12-27)15-21(30)28-8-2-3-16-13-19(29(31)32)6-7-20(16)28/h1,4-7,13-14H,2-3,8-12,15H2. The van der Waals surface area contributed by atoms with Crippen LogP contribution in [0.15, 0.2) is 42.5 Å². The van der Waals surface area contributed by atoms with E-state index in [0.717, 1.165) is 29.8 Å². The van der Waals surface area contributed by atoms with Crippen molar-refractivity contribution in [3.8, 4) is 0 Å². The number of non-ortho nitro benzene ring substituents is 1. The van der Waals surface area contributed by atoms with Crippen LogP contribution in [0, 0.1) is 10.1 Å². The number of nitro benzene ring substituents is 1. The summed E-state index contributed by atoms with van der Waals surface area (Å²) in [6, 6.07) is 9.87. The van der Waals surface area contributed by atoms with Gasteiger partial charge in [-0.05, 0) is 42.7 Å². The van der Waals surface area contributed by atoms with Gasteiger partial charge in [0.15, 0.2) is 0 Å². The fraction of sp³-hybridized carbons (Fsp3) is 0.409. The number of nitro groups is 1. The van der Waals surface area contributed by atoms with Crippen molar-refractivity contribution in [3.63, 3.8) is 0 Å². The van der Waals surface area contributed by atoms with E-state index in [1.54, 1.807) is 17.0 Å². The van der Waals surface area contributed by atoms with Crippen molar-refractivity contribution in [1.82, 2.24) is 4.90 Å². The molecular formula is C22H23F3N4O3. The number of carbonyl (C=O) groups excluding carboxylic acids is 1. The number of halogens is 3. The highest BCUT2D eigenvalue weighted by molar-refractivity contribution is 5.96. The van der Waals surface area contributed by atoms with Crippen molar-refractivity contribution >= 4 is 23.0 Å². The first-order chi connectivity index (χ1) is 15.2. The molecule has 2 aliphatic rings. The normalized spacial score (nSPS) is 17.2. The highest BCUT2D eigenvalue weighted by atomic mass is 19.4. The van der Waals surface area contributed by atoms with E-state index in [4.69, 9.17) is 0 Å². The number of amides is 1. The van der Waals surface area contributed by atoms with Crippen molar-refractivity contribution in [2.45, 2.75) is 19.0 Å². The van der Waals surface area contributed by atoms with Crippen LogP contribution in [0.2, 0.25) is 0 Å². The van der Waals surface area contributed by atoms with Gasteiger partial charge in [0.2, 0.25) is 5.91 Å². The summed E-state index contributed by atoms with van der Waals surface area (Å²) >= 11 is 0.